The fourth-order valence-corrected chi connectivity index (χ4v) is 4.72. The first-order chi connectivity index (χ1) is 13.8. The van der Waals surface area contributed by atoms with Crippen molar-refractivity contribution in [1.29, 1.82) is 0 Å². The highest BCUT2D eigenvalue weighted by Crippen LogP contribution is 2.31. The van der Waals surface area contributed by atoms with Gasteiger partial charge in [-0.2, -0.15) is 0 Å². The van der Waals surface area contributed by atoms with Gasteiger partial charge in [-0.15, -0.1) is 11.3 Å². The summed E-state index contributed by atoms with van der Waals surface area (Å²) in [5.41, 5.74) is 1.81. The molecule has 1 amide bonds. The maximum absolute atomic E-state index is 12.9. The summed E-state index contributed by atoms with van der Waals surface area (Å²) in [4.78, 5) is 15.5. The Hall–Kier alpha value is -3.11. The van der Waals surface area contributed by atoms with Crippen LogP contribution in [0.4, 0.5) is 10.8 Å². The van der Waals surface area contributed by atoms with Gasteiger partial charge in [-0.3, -0.25) is 9.52 Å². The van der Waals surface area contributed by atoms with Crippen LogP contribution in [0.15, 0.2) is 52.7 Å². The summed E-state index contributed by atoms with van der Waals surface area (Å²) in [6.45, 7) is 1.34. The second-order valence-electron chi connectivity index (χ2n) is 5.92. The van der Waals surface area contributed by atoms with Gasteiger partial charge in [-0.05, 0) is 42.5 Å². The zero-order valence-corrected chi connectivity index (χ0v) is 17.6. The van der Waals surface area contributed by atoms with Crippen molar-refractivity contribution in [2.45, 2.75) is 11.8 Å². The van der Waals surface area contributed by atoms with E-state index in [1.54, 1.807) is 30.7 Å². The highest BCUT2D eigenvalue weighted by Gasteiger charge is 2.22. The van der Waals surface area contributed by atoms with Crippen LogP contribution in [0, 0.1) is 0 Å². The van der Waals surface area contributed by atoms with Crippen LogP contribution in [0.3, 0.4) is 0 Å². The molecule has 0 saturated heterocycles. The highest BCUT2D eigenvalue weighted by molar-refractivity contribution is 7.93. The standard InChI is InChI=1S/C19H19N3O5S2/c1-12(23)20-14-6-9-17(27-3)18(10-14)29(24,25)22-19-21-16(11-28-19)13-4-7-15(26-2)8-5-13/h4-11H,1-3H3,(H,20,23)(H,21,22). The molecule has 0 aliphatic heterocycles. The Morgan fingerprint density at radius 2 is 1.79 bits per heavy atom. The van der Waals surface area contributed by atoms with Gasteiger partial charge in [0, 0.05) is 23.6 Å². The molecule has 0 saturated carbocycles. The Balaban J connectivity index is 1.87. The number of rotatable bonds is 7. The lowest BCUT2D eigenvalue weighted by molar-refractivity contribution is -0.114. The van der Waals surface area contributed by atoms with E-state index in [4.69, 9.17) is 9.47 Å². The lowest BCUT2D eigenvalue weighted by atomic mass is 10.2. The molecule has 8 nitrogen and oxygen atoms in total. The quantitative estimate of drug-likeness (QED) is 0.590. The van der Waals surface area contributed by atoms with Crippen LogP contribution in [0.1, 0.15) is 6.92 Å². The molecule has 29 heavy (non-hydrogen) atoms. The molecule has 1 aromatic heterocycles. The molecule has 0 spiro atoms. The third kappa shape index (κ3) is 4.84. The zero-order chi connectivity index (χ0) is 21.0. The van der Waals surface area contributed by atoms with Crippen LogP contribution in [0.2, 0.25) is 0 Å². The Morgan fingerprint density at radius 3 is 2.41 bits per heavy atom. The second-order valence-corrected chi connectivity index (χ2v) is 8.43. The van der Waals surface area contributed by atoms with E-state index in [9.17, 15) is 13.2 Å². The molecular weight excluding hydrogens is 414 g/mol. The maximum Gasteiger partial charge on any atom is 0.267 e. The number of carbonyl (C=O) groups excluding carboxylic acids is 1. The smallest absolute Gasteiger partial charge is 0.267 e. The van der Waals surface area contributed by atoms with E-state index in [1.807, 2.05) is 12.1 Å². The number of methoxy groups -OCH3 is 2. The minimum absolute atomic E-state index is 0.104. The first-order valence-corrected chi connectivity index (χ1v) is 10.8. The Kier molecular flexibility index (Phi) is 6.04. The fraction of sp³-hybridized carbons (Fsp3) is 0.158. The minimum Gasteiger partial charge on any atom is -0.497 e. The fourth-order valence-electron chi connectivity index (χ4n) is 2.55. The van der Waals surface area contributed by atoms with Crippen LogP contribution in [0.25, 0.3) is 11.3 Å². The van der Waals surface area contributed by atoms with Gasteiger partial charge in [0.25, 0.3) is 10.0 Å². The van der Waals surface area contributed by atoms with Gasteiger partial charge < -0.3 is 14.8 Å². The number of hydrogen-bond donors (Lipinski definition) is 2. The van der Waals surface area contributed by atoms with E-state index in [0.717, 1.165) is 22.6 Å². The van der Waals surface area contributed by atoms with E-state index in [2.05, 4.69) is 15.0 Å². The highest BCUT2D eigenvalue weighted by atomic mass is 32.2. The van der Waals surface area contributed by atoms with Gasteiger partial charge >= 0.3 is 0 Å². The van der Waals surface area contributed by atoms with Crippen LogP contribution in [-0.2, 0) is 14.8 Å². The maximum atomic E-state index is 12.9. The van der Waals surface area contributed by atoms with Crippen molar-refractivity contribution in [1.82, 2.24) is 4.98 Å². The van der Waals surface area contributed by atoms with Crippen molar-refractivity contribution < 1.29 is 22.7 Å². The van der Waals surface area contributed by atoms with E-state index in [0.29, 0.717) is 11.4 Å². The third-order valence-corrected chi connectivity index (χ3v) is 6.13. The number of aromatic nitrogens is 1. The summed E-state index contributed by atoms with van der Waals surface area (Å²) in [5, 5.41) is 4.52. The molecule has 0 bridgehead atoms. The molecule has 3 rings (SSSR count). The predicted molar refractivity (Wildman–Crippen MR) is 112 cm³/mol. The molecule has 1 heterocycles. The van der Waals surface area contributed by atoms with Crippen molar-refractivity contribution in [3.8, 4) is 22.8 Å². The summed E-state index contributed by atoms with van der Waals surface area (Å²) >= 11 is 1.16. The van der Waals surface area contributed by atoms with Crippen molar-refractivity contribution in [2.75, 3.05) is 24.3 Å². The number of ether oxygens (including phenoxy) is 2. The molecule has 0 aliphatic carbocycles. The number of carbonyl (C=O) groups is 1. The Labute approximate surface area is 172 Å². The normalized spacial score (nSPS) is 11.0. The number of benzene rings is 2. The van der Waals surface area contributed by atoms with E-state index in [1.165, 1.54) is 26.2 Å². The monoisotopic (exact) mass is 433 g/mol. The molecule has 3 aromatic rings. The van der Waals surface area contributed by atoms with Crippen LogP contribution in [0.5, 0.6) is 11.5 Å². The average Bonchev–Trinajstić information content (AvgIpc) is 3.15. The van der Waals surface area contributed by atoms with Gasteiger partial charge in [0.15, 0.2) is 5.13 Å². The Morgan fingerprint density at radius 1 is 1.07 bits per heavy atom. The molecule has 2 aromatic carbocycles. The number of sulfonamides is 1. The summed E-state index contributed by atoms with van der Waals surface area (Å²) in [6.07, 6.45) is 0. The van der Waals surface area contributed by atoms with Gasteiger partial charge in [0.05, 0.1) is 19.9 Å². The van der Waals surface area contributed by atoms with Crippen molar-refractivity contribution in [3.63, 3.8) is 0 Å². The molecule has 10 heteroatoms. The van der Waals surface area contributed by atoms with Crippen molar-refractivity contribution in [3.05, 3.63) is 47.8 Å². The van der Waals surface area contributed by atoms with Crippen LogP contribution < -0.4 is 19.5 Å². The molecule has 2 N–H and O–H groups in total. The summed E-state index contributed by atoms with van der Waals surface area (Å²) in [7, 11) is -1.04. The molecule has 0 unspecified atom stereocenters. The zero-order valence-electron chi connectivity index (χ0n) is 15.9. The molecule has 0 atom stereocenters. The number of anilines is 2. The van der Waals surface area contributed by atoms with E-state index in [-0.39, 0.29) is 21.7 Å². The molecule has 0 radical (unpaired) electrons. The molecule has 152 valence electrons. The first kappa shape index (κ1) is 20.6. The second kappa shape index (κ2) is 8.50. The number of nitrogens with zero attached hydrogens (tertiary/aromatic N) is 1. The SMILES string of the molecule is COc1ccc(-c2csc(NS(=O)(=O)c3cc(NC(C)=O)ccc3OC)n2)cc1. The summed E-state index contributed by atoms with van der Waals surface area (Å²) in [6, 6.07) is 11.7. The largest absolute Gasteiger partial charge is 0.497 e. The van der Waals surface area contributed by atoms with Gasteiger partial charge in [0.2, 0.25) is 5.91 Å². The first-order valence-electron chi connectivity index (χ1n) is 8.41. The van der Waals surface area contributed by atoms with Crippen molar-refractivity contribution >= 4 is 38.1 Å². The van der Waals surface area contributed by atoms with Gasteiger partial charge in [0.1, 0.15) is 16.4 Å². The average molecular weight is 434 g/mol. The van der Waals surface area contributed by atoms with Crippen molar-refractivity contribution in [2.24, 2.45) is 0 Å². The lowest BCUT2D eigenvalue weighted by Crippen LogP contribution is -2.15. The van der Waals surface area contributed by atoms with Crippen LogP contribution in [-0.4, -0.2) is 33.5 Å². The van der Waals surface area contributed by atoms with E-state index < -0.39 is 10.0 Å². The molecule has 0 aliphatic rings. The molecule has 0 fully saturated rings. The van der Waals surface area contributed by atoms with Gasteiger partial charge in [-0.1, -0.05) is 0 Å². The third-order valence-electron chi connectivity index (χ3n) is 3.89. The number of thiazole rings is 1. The summed E-state index contributed by atoms with van der Waals surface area (Å²) < 4.78 is 38.6. The predicted octanol–water partition coefficient (Wildman–Crippen LogP) is 3.59. The number of nitrogens with one attached hydrogen (secondary N) is 2. The Bertz CT molecular complexity index is 1130. The van der Waals surface area contributed by atoms with Gasteiger partial charge in [-0.25, -0.2) is 13.4 Å². The minimum atomic E-state index is -3.99. The molecular formula is C19H19N3O5S2. The van der Waals surface area contributed by atoms with E-state index >= 15 is 0 Å². The summed E-state index contributed by atoms with van der Waals surface area (Å²) in [5.74, 6) is 0.560. The van der Waals surface area contributed by atoms with Crippen LogP contribution >= 0.6 is 11.3 Å². The lowest BCUT2D eigenvalue weighted by Gasteiger charge is -2.12. The topological polar surface area (TPSA) is 107 Å². The number of hydrogen-bond acceptors (Lipinski definition) is 7. The number of amides is 1.